The number of hydrogen-bond donors (Lipinski definition) is 0. The number of fused-ring (bicyclic) bond motifs is 16. The van der Waals surface area contributed by atoms with Crippen molar-refractivity contribution in [3.05, 3.63) is 142 Å². The molecule has 0 spiro atoms. The van der Waals surface area contributed by atoms with Gasteiger partial charge in [-0.3, -0.25) is 0 Å². The second kappa shape index (κ2) is 6.71. The van der Waals surface area contributed by atoms with Crippen LogP contribution in [0.4, 0.5) is 0 Å². The Labute approximate surface area is 222 Å². The number of hydrogen-bond acceptors (Lipinski definition) is 0. The molecule has 0 atom stereocenters. The molecule has 0 unspecified atom stereocenters. The molecule has 0 amide bonds. The lowest BCUT2D eigenvalue weighted by Crippen LogP contribution is -1.91. The maximum atomic E-state index is 2.54. The van der Waals surface area contributed by atoms with Crippen LogP contribution in [-0.4, -0.2) is 0 Å². The highest BCUT2D eigenvalue weighted by Crippen LogP contribution is 2.52. The predicted octanol–water partition coefficient (Wildman–Crippen LogP) is 9.12. The molecule has 0 aliphatic heterocycles. The van der Waals surface area contributed by atoms with Crippen molar-refractivity contribution in [3.63, 3.8) is 0 Å². The van der Waals surface area contributed by atoms with Crippen LogP contribution in [0.2, 0.25) is 0 Å². The zero-order valence-corrected chi connectivity index (χ0v) is 21.1. The van der Waals surface area contributed by atoms with Gasteiger partial charge in [-0.05, 0) is 138 Å². The van der Waals surface area contributed by atoms with Gasteiger partial charge in [-0.1, -0.05) is 84.9 Å². The Balaban J connectivity index is 1.08. The molecule has 0 nitrogen and oxygen atoms in total. The Hall–Kier alpha value is -4.42. The van der Waals surface area contributed by atoms with Gasteiger partial charge in [0.2, 0.25) is 0 Å². The lowest BCUT2D eigenvalue weighted by atomic mass is 9.95. The first-order valence-corrected chi connectivity index (χ1v) is 13.9. The Kier molecular flexibility index (Phi) is 3.47. The third kappa shape index (κ3) is 2.33. The van der Waals surface area contributed by atoms with Crippen molar-refractivity contribution in [1.29, 1.82) is 0 Å². The van der Waals surface area contributed by atoms with Gasteiger partial charge in [-0.25, -0.2) is 0 Å². The highest BCUT2D eigenvalue weighted by atomic mass is 14.4. The maximum Gasteiger partial charge on any atom is -0.000421 e. The van der Waals surface area contributed by atoms with E-state index >= 15 is 0 Å². The molecule has 6 aromatic rings. The summed E-state index contributed by atoms with van der Waals surface area (Å²) in [6.45, 7) is 0. The van der Waals surface area contributed by atoms with Crippen LogP contribution < -0.4 is 0 Å². The molecular weight excluding hydrogens is 456 g/mol. The van der Waals surface area contributed by atoms with E-state index in [4.69, 9.17) is 0 Å². The Morgan fingerprint density at radius 2 is 0.816 bits per heavy atom. The van der Waals surface area contributed by atoms with Crippen molar-refractivity contribution in [3.8, 4) is 44.5 Å². The molecule has 0 fully saturated rings. The average molecular weight is 481 g/mol. The molecule has 4 aliphatic rings. The van der Waals surface area contributed by atoms with E-state index in [0.717, 1.165) is 25.7 Å². The van der Waals surface area contributed by atoms with Gasteiger partial charge < -0.3 is 0 Å². The van der Waals surface area contributed by atoms with E-state index in [9.17, 15) is 0 Å². The second-order valence-corrected chi connectivity index (χ2v) is 11.6. The third-order valence-electron chi connectivity index (χ3n) is 9.87. The van der Waals surface area contributed by atoms with Crippen molar-refractivity contribution in [2.45, 2.75) is 25.7 Å². The zero-order valence-electron chi connectivity index (χ0n) is 21.1. The molecule has 0 heteroatoms. The Morgan fingerprint density at radius 3 is 1.55 bits per heavy atom. The fraction of sp³-hybridized carbons (Fsp3) is 0.105. The van der Waals surface area contributed by atoms with Gasteiger partial charge in [0.25, 0.3) is 0 Å². The lowest BCUT2D eigenvalue weighted by Gasteiger charge is -2.08. The minimum atomic E-state index is 1.05. The normalized spacial score (nSPS) is 14.4. The first-order chi connectivity index (χ1) is 18.8. The third-order valence-corrected chi connectivity index (χ3v) is 9.87. The molecule has 0 saturated heterocycles. The minimum Gasteiger partial charge on any atom is -0.0619 e. The smallest absolute Gasteiger partial charge is 0.000421 e. The molecule has 6 aromatic carbocycles. The predicted molar refractivity (Wildman–Crippen MR) is 157 cm³/mol. The highest BCUT2D eigenvalue weighted by Gasteiger charge is 2.32. The molecule has 10 rings (SSSR count). The second-order valence-electron chi connectivity index (χ2n) is 11.6. The molecule has 0 saturated carbocycles. The van der Waals surface area contributed by atoms with E-state index in [1.165, 1.54) is 77.5 Å². The average Bonchev–Trinajstić information content (AvgIpc) is 3.71. The van der Waals surface area contributed by atoms with Crippen molar-refractivity contribution in [1.82, 2.24) is 0 Å². The zero-order chi connectivity index (χ0) is 24.5. The molecule has 4 aliphatic carbocycles. The van der Waals surface area contributed by atoms with Gasteiger partial charge >= 0.3 is 0 Å². The summed E-state index contributed by atoms with van der Waals surface area (Å²) >= 11 is 0. The fourth-order valence-corrected chi connectivity index (χ4v) is 8.15. The monoisotopic (exact) mass is 480 g/mol. The lowest BCUT2D eigenvalue weighted by molar-refractivity contribution is 1.16. The maximum absolute atomic E-state index is 2.54. The largest absolute Gasteiger partial charge is 0.0619 e. The summed E-state index contributed by atoms with van der Waals surface area (Å²) < 4.78 is 0. The summed E-state index contributed by atoms with van der Waals surface area (Å²) in [5.74, 6) is 0. The van der Waals surface area contributed by atoms with Crippen LogP contribution in [-0.2, 0) is 25.7 Å². The fourth-order valence-electron chi connectivity index (χ4n) is 8.15. The van der Waals surface area contributed by atoms with E-state index in [-0.39, 0.29) is 0 Å². The van der Waals surface area contributed by atoms with Crippen LogP contribution in [0.15, 0.2) is 97.1 Å². The first-order valence-electron chi connectivity index (χ1n) is 13.9. The highest BCUT2D eigenvalue weighted by molar-refractivity contribution is 5.97. The summed E-state index contributed by atoms with van der Waals surface area (Å²) in [5, 5.41) is 2.76. The molecule has 0 bridgehead atoms. The van der Waals surface area contributed by atoms with Gasteiger partial charge in [-0.2, -0.15) is 0 Å². The topological polar surface area (TPSA) is 0 Å². The summed E-state index contributed by atoms with van der Waals surface area (Å²) in [6.07, 6.45) is 4.25. The van der Waals surface area contributed by atoms with E-state index in [1.54, 1.807) is 22.3 Å². The van der Waals surface area contributed by atoms with Crippen LogP contribution in [0, 0.1) is 0 Å². The van der Waals surface area contributed by atoms with Gasteiger partial charge in [0.05, 0.1) is 0 Å². The number of rotatable bonds is 0. The SMILES string of the molecule is c1ccc2c(c1)Cc1c-2ccc2c1Cc1cc3c(cc1-2)Cc1c-3ccc2c1Cc1c-2ccc2ccccc12. The van der Waals surface area contributed by atoms with E-state index in [2.05, 4.69) is 97.1 Å². The molecule has 0 N–H and O–H groups in total. The summed E-state index contributed by atoms with van der Waals surface area (Å²) in [4.78, 5) is 0. The van der Waals surface area contributed by atoms with Crippen molar-refractivity contribution >= 4 is 10.8 Å². The van der Waals surface area contributed by atoms with Gasteiger partial charge in [0.15, 0.2) is 0 Å². The first kappa shape index (κ1) is 19.7. The van der Waals surface area contributed by atoms with Crippen LogP contribution in [0.5, 0.6) is 0 Å². The van der Waals surface area contributed by atoms with E-state index < -0.39 is 0 Å². The van der Waals surface area contributed by atoms with E-state index in [1.807, 2.05) is 0 Å². The quantitative estimate of drug-likeness (QED) is 0.203. The van der Waals surface area contributed by atoms with Crippen LogP contribution in [0.3, 0.4) is 0 Å². The van der Waals surface area contributed by atoms with E-state index in [0.29, 0.717) is 0 Å². The Bertz CT molecular complexity index is 2070. The Morgan fingerprint density at radius 1 is 0.316 bits per heavy atom. The molecule has 0 heterocycles. The van der Waals surface area contributed by atoms with Gasteiger partial charge in [0, 0.05) is 0 Å². The van der Waals surface area contributed by atoms with Crippen molar-refractivity contribution in [2.24, 2.45) is 0 Å². The molecule has 38 heavy (non-hydrogen) atoms. The van der Waals surface area contributed by atoms with Gasteiger partial charge in [-0.15, -0.1) is 0 Å². The standard InChI is InChI=1S/C38H24/c1-3-7-25-21(5-1)9-10-28-29-12-14-31-33-16-23-18-35-30(13-11-27-26-8-4-2-6-22(26)15-34(27)35)32(23)17-24(33)19-36(31)38(29)20-37(25)28/h1-14,16-17H,15,18-20H2. The molecular formula is C38H24. The summed E-state index contributed by atoms with van der Waals surface area (Å²) in [6, 6.07) is 37.1. The minimum absolute atomic E-state index is 1.05. The van der Waals surface area contributed by atoms with Crippen LogP contribution in [0.25, 0.3) is 55.3 Å². The molecule has 176 valence electrons. The van der Waals surface area contributed by atoms with Gasteiger partial charge in [0.1, 0.15) is 0 Å². The summed E-state index contributed by atoms with van der Waals surface area (Å²) in [5.41, 5.74) is 23.9. The van der Waals surface area contributed by atoms with Crippen molar-refractivity contribution in [2.75, 3.05) is 0 Å². The molecule has 0 aromatic heterocycles. The van der Waals surface area contributed by atoms with Crippen LogP contribution >= 0.6 is 0 Å². The van der Waals surface area contributed by atoms with Crippen LogP contribution in [0.1, 0.15) is 44.5 Å². The van der Waals surface area contributed by atoms with Crippen molar-refractivity contribution < 1.29 is 0 Å². The molecule has 0 radical (unpaired) electrons. The number of benzene rings is 6. The summed E-state index contributed by atoms with van der Waals surface area (Å²) in [7, 11) is 0.